The molecule has 0 fully saturated rings. The number of halogens is 2. The summed E-state index contributed by atoms with van der Waals surface area (Å²) in [6, 6.07) is 12.5. The number of benzene rings is 2. The van der Waals surface area contributed by atoms with E-state index >= 15 is 0 Å². The number of aliphatic hydroxyl groups is 1. The van der Waals surface area contributed by atoms with Crippen LogP contribution in [-0.2, 0) is 11.2 Å². The van der Waals surface area contributed by atoms with Gasteiger partial charge < -0.3 is 15.7 Å². The molecule has 2 aromatic carbocycles. The highest BCUT2D eigenvalue weighted by atomic mass is 19.1. The maximum atomic E-state index is 13.4. The highest BCUT2D eigenvalue weighted by molar-refractivity contribution is 5.90. The molecule has 0 aromatic heterocycles. The van der Waals surface area contributed by atoms with Crippen molar-refractivity contribution >= 4 is 11.6 Å². The predicted octanol–water partition coefficient (Wildman–Crippen LogP) is 2.49. The van der Waals surface area contributed by atoms with Crippen LogP contribution in [0.25, 0.3) is 0 Å². The lowest BCUT2D eigenvalue weighted by atomic mass is 10.1. The number of hydrogen-bond acceptors (Lipinski definition) is 3. The van der Waals surface area contributed by atoms with Gasteiger partial charge in [0.2, 0.25) is 5.91 Å². The first-order chi connectivity index (χ1) is 11.5. The molecule has 0 radical (unpaired) electrons. The number of hydrogen-bond donors (Lipinski definition) is 3. The minimum atomic E-state index is -0.684. The van der Waals surface area contributed by atoms with Crippen molar-refractivity contribution in [2.75, 3.05) is 18.4 Å². The van der Waals surface area contributed by atoms with Gasteiger partial charge in [-0.1, -0.05) is 30.3 Å². The maximum absolute atomic E-state index is 13.4. The lowest BCUT2D eigenvalue weighted by molar-refractivity contribution is -0.116. The fourth-order valence-corrected chi connectivity index (χ4v) is 2.23. The number of nitrogens with one attached hydrogen (secondary N) is 2. The zero-order valence-electron chi connectivity index (χ0n) is 13.1. The summed E-state index contributed by atoms with van der Waals surface area (Å²) in [5, 5.41) is 15.2. The molecule has 0 aliphatic rings. The molecule has 24 heavy (non-hydrogen) atoms. The quantitative estimate of drug-likeness (QED) is 0.650. The van der Waals surface area contributed by atoms with E-state index < -0.39 is 23.6 Å². The number of amides is 1. The summed E-state index contributed by atoms with van der Waals surface area (Å²) in [5.41, 5.74) is 0.857. The lowest BCUT2D eigenvalue weighted by Crippen LogP contribution is -2.30. The summed E-state index contributed by atoms with van der Waals surface area (Å²) in [6.07, 6.45) is 0.0545. The van der Waals surface area contributed by atoms with Crippen LogP contribution in [0.3, 0.4) is 0 Å². The van der Waals surface area contributed by atoms with E-state index in [0.29, 0.717) is 19.5 Å². The largest absolute Gasteiger partial charge is 0.391 e. The number of aliphatic hydroxyl groups excluding tert-OH is 1. The van der Waals surface area contributed by atoms with Crippen LogP contribution in [0.5, 0.6) is 0 Å². The standard InChI is InChI=1S/C18H20F2N2O2/c19-14-6-7-16(20)17(11-14)22-18(24)8-9-21-12-15(23)10-13-4-2-1-3-5-13/h1-7,11,15,21,23H,8-10,12H2,(H,22,24)/t15-/m0/s1. The van der Waals surface area contributed by atoms with Crippen LogP contribution in [-0.4, -0.2) is 30.2 Å². The highest BCUT2D eigenvalue weighted by Gasteiger charge is 2.09. The molecule has 128 valence electrons. The SMILES string of the molecule is O=C(CCNC[C@@H](O)Cc1ccccc1)Nc1cc(F)ccc1F. The van der Waals surface area contributed by atoms with Crippen LogP contribution in [0, 0.1) is 11.6 Å². The van der Waals surface area contributed by atoms with Crippen molar-refractivity contribution in [2.45, 2.75) is 18.9 Å². The zero-order chi connectivity index (χ0) is 17.4. The molecule has 0 heterocycles. The van der Waals surface area contributed by atoms with Gasteiger partial charge in [0.1, 0.15) is 11.6 Å². The summed E-state index contributed by atoms with van der Waals surface area (Å²) in [5.74, 6) is -1.73. The number of carbonyl (C=O) groups excluding carboxylic acids is 1. The third-order valence-corrected chi connectivity index (χ3v) is 3.43. The molecule has 0 saturated carbocycles. The minimum absolute atomic E-state index is 0.0913. The van der Waals surface area contributed by atoms with Crippen LogP contribution < -0.4 is 10.6 Å². The Labute approximate surface area is 139 Å². The van der Waals surface area contributed by atoms with Gasteiger partial charge in [0, 0.05) is 25.6 Å². The average molecular weight is 334 g/mol. The summed E-state index contributed by atoms with van der Waals surface area (Å²) in [6.45, 7) is 0.672. The Hall–Kier alpha value is -2.31. The zero-order valence-corrected chi connectivity index (χ0v) is 13.1. The Morgan fingerprint density at radius 1 is 1.12 bits per heavy atom. The summed E-state index contributed by atoms with van der Waals surface area (Å²) >= 11 is 0. The predicted molar refractivity (Wildman–Crippen MR) is 88.6 cm³/mol. The van der Waals surface area contributed by atoms with Crippen molar-refractivity contribution in [3.05, 3.63) is 65.7 Å². The monoisotopic (exact) mass is 334 g/mol. The van der Waals surface area contributed by atoms with Crippen molar-refractivity contribution in [1.29, 1.82) is 0 Å². The first kappa shape index (κ1) is 18.0. The van der Waals surface area contributed by atoms with Crippen molar-refractivity contribution < 1.29 is 18.7 Å². The van der Waals surface area contributed by atoms with E-state index in [1.165, 1.54) is 0 Å². The Kier molecular flexibility index (Phi) is 6.84. The molecule has 0 unspecified atom stereocenters. The average Bonchev–Trinajstić information content (AvgIpc) is 2.56. The van der Waals surface area contributed by atoms with Crippen LogP contribution in [0.2, 0.25) is 0 Å². The maximum Gasteiger partial charge on any atom is 0.225 e. The molecule has 0 saturated heterocycles. The first-order valence-electron chi connectivity index (χ1n) is 7.72. The van der Waals surface area contributed by atoms with Gasteiger partial charge in [-0.2, -0.15) is 0 Å². The van der Waals surface area contributed by atoms with Gasteiger partial charge in [-0.15, -0.1) is 0 Å². The molecule has 0 aliphatic heterocycles. The highest BCUT2D eigenvalue weighted by Crippen LogP contribution is 2.15. The molecular formula is C18H20F2N2O2. The summed E-state index contributed by atoms with van der Waals surface area (Å²) < 4.78 is 26.4. The summed E-state index contributed by atoms with van der Waals surface area (Å²) in [4.78, 5) is 11.7. The van der Waals surface area contributed by atoms with E-state index in [0.717, 1.165) is 23.8 Å². The fraction of sp³-hybridized carbons (Fsp3) is 0.278. The van der Waals surface area contributed by atoms with E-state index in [1.54, 1.807) is 0 Å². The van der Waals surface area contributed by atoms with Crippen molar-refractivity contribution in [3.8, 4) is 0 Å². The van der Waals surface area contributed by atoms with Crippen molar-refractivity contribution in [2.24, 2.45) is 0 Å². The molecule has 4 nitrogen and oxygen atoms in total. The van der Waals surface area contributed by atoms with E-state index in [9.17, 15) is 18.7 Å². The Bertz CT molecular complexity index is 665. The fourth-order valence-electron chi connectivity index (χ4n) is 2.23. The van der Waals surface area contributed by atoms with E-state index in [4.69, 9.17) is 0 Å². The van der Waals surface area contributed by atoms with E-state index in [2.05, 4.69) is 10.6 Å². The minimum Gasteiger partial charge on any atom is -0.391 e. The number of rotatable bonds is 8. The van der Waals surface area contributed by atoms with E-state index in [-0.39, 0.29) is 12.1 Å². The third-order valence-electron chi connectivity index (χ3n) is 3.43. The molecular weight excluding hydrogens is 314 g/mol. The van der Waals surface area contributed by atoms with Crippen molar-refractivity contribution in [1.82, 2.24) is 5.32 Å². The van der Waals surface area contributed by atoms with Gasteiger partial charge in [-0.25, -0.2) is 8.78 Å². The van der Waals surface area contributed by atoms with Crippen LogP contribution in [0.1, 0.15) is 12.0 Å². The van der Waals surface area contributed by atoms with Gasteiger partial charge >= 0.3 is 0 Å². The second-order valence-corrected chi connectivity index (χ2v) is 5.47. The molecule has 0 aliphatic carbocycles. The van der Waals surface area contributed by atoms with Gasteiger partial charge in [0.15, 0.2) is 0 Å². The van der Waals surface area contributed by atoms with Crippen molar-refractivity contribution in [3.63, 3.8) is 0 Å². The smallest absolute Gasteiger partial charge is 0.225 e. The molecule has 2 aromatic rings. The molecule has 0 spiro atoms. The normalized spacial score (nSPS) is 12.0. The number of anilines is 1. The third kappa shape index (κ3) is 6.06. The summed E-state index contributed by atoms with van der Waals surface area (Å²) in [7, 11) is 0. The van der Waals surface area contributed by atoms with E-state index in [1.807, 2.05) is 30.3 Å². The van der Waals surface area contributed by atoms with Gasteiger partial charge in [0.25, 0.3) is 0 Å². The topological polar surface area (TPSA) is 61.4 Å². The molecule has 0 bridgehead atoms. The second kappa shape index (κ2) is 9.10. The Balaban J connectivity index is 1.66. The van der Waals surface area contributed by atoms with Crippen LogP contribution in [0.4, 0.5) is 14.5 Å². The van der Waals surface area contributed by atoms with Gasteiger partial charge in [-0.05, 0) is 24.1 Å². The van der Waals surface area contributed by atoms with Gasteiger partial charge in [0.05, 0.1) is 11.8 Å². The molecule has 1 amide bonds. The van der Waals surface area contributed by atoms with Crippen LogP contribution in [0.15, 0.2) is 48.5 Å². The first-order valence-corrected chi connectivity index (χ1v) is 7.72. The Morgan fingerprint density at radius 2 is 1.88 bits per heavy atom. The molecule has 1 atom stereocenters. The molecule has 6 heteroatoms. The number of carbonyl (C=O) groups is 1. The lowest BCUT2D eigenvalue weighted by Gasteiger charge is -2.12. The molecule has 2 rings (SSSR count). The Morgan fingerprint density at radius 3 is 2.62 bits per heavy atom. The molecule has 3 N–H and O–H groups in total. The van der Waals surface area contributed by atoms with Gasteiger partial charge in [-0.3, -0.25) is 4.79 Å². The second-order valence-electron chi connectivity index (χ2n) is 5.47. The van der Waals surface area contributed by atoms with Crippen LogP contribution >= 0.6 is 0 Å².